The molecular formula is C18H14F3N3O2S. The molecule has 2 N–H and O–H groups in total. The van der Waals surface area contributed by atoms with Crippen molar-refractivity contribution >= 4 is 23.4 Å². The monoisotopic (exact) mass is 393 g/mol. The Kier molecular flexibility index (Phi) is 5.70. The van der Waals surface area contributed by atoms with Crippen LogP contribution in [0.4, 0.5) is 18.9 Å². The number of hydrogen-bond donors (Lipinski definition) is 2. The van der Waals surface area contributed by atoms with Crippen LogP contribution in [0.3, 0.4) is 0 Å². The predicted molar refractivity (Wildman–Crippen MR) is 96.5 cm³/mol. The third-order valence-electron chi connectivity index (χ3n) is 3.35. The molecule has 140 valence electrons. The van der Waals surface area contributed by atoms with Gasteiger partial charge in [-0.3, -0.25) is 4.79 Å². The van der Waals surface area contributed by atoms with Crippen molar-refractivity contribution in [2.45, 2.75) is 11.5 Å². The number of nitrogens with one attached hydrogen (secondary N) is 2. The van der Waals surface area contributed by atoms with Gasteiger partial charge < -0.3 is 15.0 Å². The first-order valence-electron chi connectivity index (χ1n) is 7.78. The number of anilines is 1. The second-order valence-electron chi connectivity index (χ2n) is 5.38. The zero-order valence-electron chi connectivity index (χ0n) is 13.8. The van der Waals surface area contributed by atoms with E-state index in [-0.39, 0.29) is 17.4 Å². The Hall–Kier alpha value is -2.94. The molecule has 3 rings (SSSR count). The van der Waals surface area contributed by atoms with Crippen LogP contribution < -0.4 is 10.1 Å². The predicted octanol–water partition coefficient (Wildman–Crippen LogP) is 4.71. The van der Waals surface area contributed by atoms with Crippen LogP contribution in [0, 0.1) is 0 Å². The Labute approximate surface area is 157 Å². The maximum atomic E-state index is 12.1. The van der Waals surface area contributed by atoms with E-state index in [1.165, 1.54) is 23.9 Å². The second kappa shape index (κ2) is 8.17. The van der Waals surface area contributed by atoms with Gasteiger partial charge in [-0.2, -0.15) is 0 Å². The van der Waals surface area contributed by atoms with E-state index < -0.39 is 6.36 Å². The number of aromatic amines is 1. The third kappa shape index (κ3) is 5.78. The Morgan fingerprint density at radius 1 is 1.11 bits per heavy atom. The van der Waals surface area contributed by atoms with Gasteiger partial charge in [-0.15, -0.1) is 13.2 Å². The molecule has 0 bridgehead atoms. The summed E-state index contributed by atoms with van der Waals surface area (Å²) in [7, 11) is 0. The van der Waals surface area contributed by atoms with Gasteiger partial charge in [0.15, 0.2) is 5.16 Å². The molecule has 3 aromatic rings. The van der Waals surface area contributed by atoms with E-state index in [0.717, 1.165) is 23.4 Å². The highest BCUT2D eigenvalue weighted by atomic mass is 32.2. The molecule has 0 radical (unpaired) electrons. The number of alkyl halides is 3. The van der Waals surface area contributed by atoms with Gasteiger partial charge in [0.05, 0.1) is 17.6 Å². The number of rotatable bonds is 6. The molecule has 1 heterocycles. The molecule has 0 spiro atoms. The number of H-pyrrole nitrogens is 1. The average molecular weight is 393 g/mol. The van der Waals surface area contributed by atoms with Crippen molar-refractivity contribution in [2.75, 3.05) is 11.1 Å². The first-order chi connectivity index (χ1) is 12.9. The SMILES string of the molecule is O=C(CSc1ncc(-c2ccccc2)[nH]1)Nc1ccc(OC(F)(F)F)cc1. The lowest BCUT2D eigenvalue weighted by molar-refractivity contribution is -0.274. The number of ether oxygens (including phenoxy) is 1. The number of halogens is 3. The lowest BCUT2D eigenvalue weighted by atomic mass is 10.2. The van der Waals surface area contributed by atoms with E-state index in [0.29, 0.717) is 10.8 Å². The average Bonchev–Trinajstić information content (AvgIpc) is 3.10. The lowest BCUT2D eigenvalue weighted by Gasteiger charge is -2.09. The molecule has 0 aliphatic carbocycles. The Morgan fingerprint density at radius 3 is 2.48 bits per heavy atom. The summed E-state index contributed by atoms with van der Waals surface area (Å²) in [6.07, 6.45) is -3.06. The highest BCUT2D eigenvalue weighted by Crippen LogP contribution is 2.24. The van der Waals surface area contributed by atoms with Crippen molar-refractivity contribution in [1.82, 2.24) is 9.97 Å². The minimum atomic E-state index is -4.75. The van der Waals surface area contributed by atoms with Crippen molar-refractivity contribution in [3.05, 3.63) is 60.8 Å². The van der Waals surface area contributed by atoms with Gasteiger partial charge in [0.1, 0.15) is 5.75 Å². The summed E-state index contributed by atoms with van der Waals surface area (Å²) >= 11 is 1.22. The molecular weight excluding hydrogens is 379 g/mol. The number of imidazole rings is 1. The largest absolute Gasteiger partial charge is 0.573 e. The Morgan fingerprint density at radius 2 is 1.81 bits per heavy atom. The summed E-state index contributed by atoms with van der Waals surface area (Å²) in [5.74, 6) is -0.552. The number of thioether (sulfide) groups is 1. The molecule has 1 aromatic heterocycles. The van der Waals surface area contributed by atoms with Crippen molar-refractivity contribution < 1.29 is 22.7 Å². The fourth-order valence-corrected chi connectivity index (χ4v) is 2.86. The van der Waals surface area contributed by atoms with Gasteiger partial charge in [0.25, 0.3) is 0 Å². The summed E-state index contributed by atoms with van der Waals surface area (Å²) in [6, 6.07) is 14.6. The number of carbonyl (C=O) groups excluding carboxylic acids is 1. The normalized spacial score (nSPS) is 11.2. The molecule has 27 heavy (non-hydrogen) atoms. The minimum absolute atomic E-state index is 0.0997. The van der Waals surface area contributed by atoms with E-state index in [1.807, 2.05) is 30.3 Å². The second-order valence-corrected chi connectivity index (χ2v) is 6.34. The molecule has 9 heteroatoms. The summed E-state index contributed by atoms with van der Waals surface area (Å²) in [4.78, 5) is 19.3. The van der Waals surface area contributed by atoms with Crippen molar-refractivity contribution in [1.29, 1.82) is 0 Å². The first-order valence-corrected chi connectivity index (χ1v) is 8.76. The van der Waals surface area contributed by atoms with Gasteiger partial charge in [-0.25, -0.2) is 4.98 Å². The van der Waals surface area contributed by atoms with Crippen LogP contribution in [0.1, 0.15) is 0 Å². The van der Waals surface area contributed by atoms with Gasteiger partial charge in [-0.05, 0) is 29.8 Å². The van der Waals surface area contributed by atoms with Gasteiger partial charge in [0.2, 0.25) is 5.91 Å². The van der Waals surface area contributed by atoms with E-state index in [9.17, 15) is 18.0 Å². The third-order valence-corrected chi connectivity index (χ3v) is 4.24. The van der Waals surface area contributed by atoms with Crippen molar-refractivity contribution in [3.8, 4) is 17.0 Å². The topological polar surface area (TPSA) is 67.0 Å². The summed E-state index contributed by atoms with van der Waals surface area (Å²) in [5, 5.41) is 3.20. The number of nitrogens with zero attached hydrogens (tertiary/aromatic N) is 1. The van der Waals surface area contributed by atoms with Crippen LogP contribution >= 0.6 is 11.8 Å². The van der Waals surface area contributed by atoms with Crippen LogP contribution in [0.25, 0.3) is 11.3 Å². The van der Waals surface area contributed by atoms with Crippen LogP contribution in [-0.2, 0) is 4.79 Å². The minimum Gasteiger partial charge on any atom is -0.406 e. The number of aromatic nitrogens is 2. The molecule has 0 unspecified atom stereocenters. The molecule has 0 fully saturated rings. The smallest absolute Gasteiger partial charge is 0.406 e. The van der Waals surface area contributed by atoms with E-state index in [4.69, 9.17) is 0 Å². The van der Waals surface area contributed by atoms with Crippen LogP contribution in [-0.4, -0.2) is 28.0 Å². The maximum absolute atomic E-state index is 12.1. The molecule has 1 amide bonds. The molecule has 0 saturated heterocycles. The lowest BCUT2D eigenvalue weighted by Crippen LogP contribution is -2.17. The number of hydrogen-bond acceptors (Lipinski definition) is 4. The zero-order chi connectivity index (χ0) is 19.3. The van der Waals surface area contributed by atoms with Gasteiger partial charge in [-0.1, -0.05) is 42.1 Å². The fourth-order valence-electron chi connectivity index (χ4n) is 2.21. The quantitative estimate of drug-likeness (QED) is 0.596. The van der Waals surface area contributed by atoms with Crippen LogP contribution in [0.15, 0.2) is 66.0 Å². The molecule has 2 aromatic carbocycles. The fraction of sp³-hybridized carbons (Fsp3) is 0.111. The molecule has 0 aliphatic heterocycles. The highest BCUT2D eigenvalue weighted by Gasteiger charge is 2.30. The summed E-state index contributed by atoms with van der Waals surface area (Å²) in [6.45, 7) is 0. The molecule has 0 aliphatic rings. The molecule has 0 atom stereocenters. The van der Waals surface area contributed by atoms with E-state index in [2.05, 4.69) is 20.0 Å². The number of carbonyl (C=O) groups is 1. The Bertz CT molecular complexity index is 896. The van der Waals surface area contributed by atoms with Crippen LogP contribution in [0.2, 0.25) is 0 Å². The van der Waals surface area contributed by atoms with Crippen molar-refractivity contribution in [2.24, 2.45) is 0 Å². The Balaban J connectivity index is 1.51. The first kappa shape index (κ1) is 18.8. The molecule has 0 saturated carbocycles. The van der Waals surface area contributed by atoms with E-state index in [1.54, 1.807) is 6.20 Å². The zero-order valence-corrected chi connectivity index (χ0v) is 14.6. The maximum Gasteiger partial charge on any atom is 0.573 e. The van der Waals surface area contributed by atoms with Crippen molar-refractivity contribution in [3.63, 3.8) is 0 Å². The van der Waals surface area contributed by atoms with E-state index >= 15 is 0 Å². The van der Waals surface area contributed by atoms with Crippen LogP contribution in [0.5, 0.6) is 5.75 Å². The van der Waals surface area contributed by atoms with Gasteiger partial charge in [0, 0.05) is 5.69 Å². The summed E-state index contributed by atoms with van der Waals surface area (Å²) in [5.41, 5.74) is 2.21. The molecule has 5 nitrogen and oxygen atoms in total. The highest BCUT2D eigenvalue weighted by molar-refractivity contribution is 7.99. The van der Waals surface area contributed by atoms with Gasteiger partial charge >= 0.3 is 6.36 Å². The summed E-state index contributed by atoms with van der Waals surface area (Å²) < 4.78 is 40.1. The standard InChI is InChI=1S/C18H14F3N3O2S/c19-18(20,21)26-14-8-6-13(7-9-14)23-16(25)11-27-17-22-10-15(24-17)12-4-2-1-3-5-12/h1-10H,11H2,(H,22,24)(H,23,25). The number of benzene rings is 2. The number of amides is 1.